The Morgan fingerprint density at radius 3 is 2.88 bits per heavy atom. The van der Waals surface area contributed by atoms with Crippen molar-refractivity contribution < 1.29 is 4.79 Å². The van der Waals surface area contributed by atoms with Crippen molar-refractivity contribution in [2.24, 2.45) is 0 Å². The van der Waals surface area contributed by atoms with Gasteiger partial charge in [-0.1, -0.05) is 12.8 Å². The van der Waals surface area contributed by atoms with Gasteiger partial charge >= 0.3 is 0 Å². The molecule has 2 fully saturated rings. The molecule has 1 heterocycles. The number of hydrogen-bond acceptors (Lipinski definition) is 3. The van der Waals surface area contributed by atoms with Gasteiger partial charge in [0.1, 0.15) is 0 Å². The third-order valence-electron chi connectivity index (χ3n) is 3.72. The van der Waals surface area contributed by atoms with Crippen LogP contribution < -0.4 is 10.6 Å². The number of thioether (sulfide) groups is 1. The van der Waals surface area contributed by atoms with Crippen molar-refractivity contribution in [1.82, 2.24) is 10.6 Å². The van der Waals surface area contributed by atoms with Crippen molar-refractivity contribution in [1.29, 1.82) is 0 Å². The Labute approximate surface area is 102 Å². The highest BCUT2D eigenvalue weighted by molar-refractivity contribution is 7.99. The molecule has 0 aromatic carbocycles. The summed E-state index contributed by atoms with van der Waals surface area (Å²) in [6, 6.07) is 1.03. The molecule has 92 valence electrons. The second kappa shape index (κ2) is 5.92. The van der Waals surface area contributed by atoms with Crippen LogP contribution in [-0.4, -0.2) is 36.0 Å². The minimum Gasteiger partial charge on any atom is -0.352 e. The molecular formula is C12H22N2OS. The lowest BCUT2D eigenvalue weighted by molar-refractivity contribution is -0.119. The average Bonchev–Trinajstić information content (AvgIpc) is 2.73. The first kappa shape index (κ1) is 12.2. The maximum Gasteiger partial charge on any atom is 0.220 e. The lowest BCUT2D eigenvalue weighted by Gasteiger charge is -2.31. The fourth-order valence-corrected chi connectivity index (χ4v) is 3.70. The lowest BCUT2D eigenvalue weighted by atomic mass is 9.94. The van der Waals surface area contributed by atoms with Gasteiger partial charge in [0.2, 0.25) is 5.91 Å². The maximum atomic E-state index is 11.1. The quantitative estimate of drug-likeness (QED) is 0.785. The van der Waals surface area contributed by atoms with Crippen LogP contribution in [-0.2, 0) is 4.79 Å². The topological polar surface area (TPSA) is 41.1 Å². The first-order valence-electron chi connectivity index (χ1n) is 6.35. The molecule has 0 bridgehead atoms. The van der Waals surface area contributed by atoms with Crippen molar-refractivity contribution >= 4 is 17.7 Å². The number of hydrogen-bond donors (Lipinski definition) is 2. The van der Waals surface area contributed by atoms with Crippen molar-refractivity contribution in [2.45, 2.75) is 55.9 Å². The molecule has 2 rings (SSSR count). The molecule has 2 aliphatic rings. The molecule has 3 unspecified atom stereocenters. The van der Waals surface area contributed by atoms with E-state index in [-0.39, 0.29) is 5.91 Å². The summed E-state index contributed by atoms with van der Waals surface area (Å²) in [5.41, 5.74) is 0. The normalized spacial score (nSPS) is 35.1. The molecule has 1 aliphatic heterocycles. The van der Waals surface area contributed by atoms with Gasteiger partial charge in [-0.25, -0.2) is 0 Å². The zero-order chi connectivity index (χ0) is 11.4. The Balaban J connectivity index is 1.73. The van der Waals surface area contributed by atoms with Gasteiger partial charge in [-0.2, -0.15) is 11.8 Å². The van der Waals surface area contributed by atoms with Crippen LogP contribution in [0.1, 0.15) is 38.5 Å². The van der Waals surface area contributed by atoms with Crippen molar-refractivity contribution in [3.8, 4) is 0 Å². The van der Waals surface area contributed by atoms with E-state index in [0.29, 0.717) is 18.5 Å². The van der Waals surface area contributed by atoms with Crippen molar-refractivity contribution in [3.63, 3.8) is 0 Å². The van der Waals surface area contributed by atoms with Crippen LogP contribution in [0.3, 0.4) is 0 Å². The Hall–Kier alpha value is -0.220. The number of carbonyl (C=O) groups is 1. The van der Waals surface area contributed by atoms with Gasteiger partial charge in [-0.3, -0.25) is 4.79 Å². The molecule has 0 spiro atoms. The Morgan fingerprint density at radius 1 is 1.38 bits per heavy atom. The molecule has 3 atom stereocenters. The van der Waals surface area contributed by atoms with Crippen LogP contribution in [0, 0.1) is 0 Å². The minimum atomic E-state index is 0.219. The van der Waals surface area contributed by atoms with E-state index in [1.54, 1.807) is 0 Å². The standard InChI is InChI=1S/C12H22N2OS/c1-16-11-5-3-2-4-10(11)13-8-9-6-7-12(15)14-9/h9-11,13H,2-8H2,1H3,(H,14,15). The van der Waals surface area contributed by atoms with E-state index in [1.807, 2.05) is 11.8 Å². The van der Waals surface area contributed by atoms with Gasteiger partial charge in [-0.05, 0) is 25.5 Å². The van der Waals surface area contributed by atoms with E-state index < -0.39 is 0 Å². The molecule has 0 radical (unpaired) electrons. The van der Waals surface area contributed by atoms with E-state index in [2.05, 4.69) is 16.9 Å². The van der Waals surface area contributed by atoms with E-state index in [4.69, 9.17) is 0 Å². The second-order valence-electron chi connectivity index (χ2n) is 4.88. The van der Waals surface area contributed by atoms with Crippen LogP contribution in [0.4, 0.5) is 0 Å². The van der Waals surface area contributed by atoms with E-state index in [1.165, 1.54) is 25.7 Å². The zero-order valence-electron chi connectivity index (χ0n) is 10.00. The van der Waals surface area contributed by atoms with Crippen LogP contribution in [0.25, 0.3) is 0 Å². The van der Waals surface area contributed by atoms with Crippen LogP contribution in [0.5, 0.6) is 0 Å². The van der Waals surface area contributed by atoms with Crippen LogP contribution in [0.2, 0.25) is 0 Å². The third-order valence-corrected chi connectivity index (χ3v) is 4.89. The highest BCUT2D eigenvalue weighted by Gasteiger charge is 2.26. The smallest absolute Gasteiger partial charge is 0.220 e. The lowest BCUT2D eigenvalue weighted by Crippen LogP contribution is -2.46. The summed E-state index contributed by atoms with van der Waals surface area (Å²) in [6.45, 7) is 0.952. The van der Waals surface area contributed by atoms with Crippen molar-refractivity contribution in [2.75, 3.05) is 12.8 Å². The summed E-state index contributed by atoms with van der Waals surface area (Å²) >= 11 is 1.99. The van der Waals surface area contributed by atoms with Gasteiger partial charge in [0.25, 0.3) is 0 Å². The number of amides is 1. The molecule has 3 nitrogen and oxygen atoms in total. The van der Waals surface area contributed by atoms with Gasteiger partial charge in [0, 0.05) is 30.3 Å². The maximum absolute atomic E-state index is 11.1. The van der Waals surface area contributed by atoms with E-state index in [0.717, 1.165) is 18.2 Å². The Kier molecular flexibility index (Phi) is 4.53. The van der Waals surface area contributed by atoms with E-state index >= 15 is 0 Å². The largest absolute Gasteiger partial charge is 0.352 e. The van der Waals surface area contributed by atoms with Gasteiger partial charge in [-0.15, -0.1) is 0 Å². The fourth-order valence-electron chi connectivity index (χ4n) is 2.74. The fraction of sp³-hybridized carbons (Fsp3) is 0.917. The highest BCUT2D eigenvalue weighted by atomic mass is 32.2. The summed E-state index contributed by atoms with van der Waals surface area (Å²) in [5, 5.41) is 7.44. The number of nitrogens with one attached hydrogen (secondary N) is 2. The first-order valence-corrected chi connectivity index (χ1v) is 7.64. The molecule has 2 N–H and O–H groups in total. The summed E-state index contributed by atoms with van der Waals surface area (Å²) in [7, 11) is 0. The van der Waals surface area contributed by atoms with Gasteiger partial charge in [0.15, 0.2) is 0 Å². The third kappa shape index (κ3) is 3.14. The first-order chi connectivity index (χ1) is 7.79. The minimum absolute atomic E-state index is 0.219. The summed E-state index contributed by atoms with van der Waals surface area (Å²) in [4.78, 5) is 11.1. The zero-order valence-corrected chi connectivity index (χ0v) is 10.8. The summed E-state index contributed by atoms with van der Waals surface area (Å²) in [5.74, 6) is 0.219. The van der Waals surface area contributed by atoms with Gasteiger partial charge < -0.3 is 10.6 Å². The second-order valence-corrected chi connectivity index (χ2v) is 5.95. The highest BCUT2D eigenvalue weighted by Crippen LogP contribution is 2.27. The number of rotatable bonds is 4. The molecule has 1 saturated carbocycles. The van der Waals surface area contributed by atoms with Crippen LogP contribution in [0.15, 0.2) is 0 Å². The summed E-state index contributed by atoms with van der Waals surface area (Å²) in [6.07, 6.45) is 9.30. The predicted molar refractivity (Wildman–Crippen MR) is 68.7 cm³/mol. The summed E-state index contributed by atoms with van der Waals surface area (Å²) < 4.78 is 0. The molecule has 1 saturated heterocycles. The molecule has 16 heavy (non-hydrogen) atoms. The molecule has 0 aromatic rings. The molecule has 0 aromatic heterocycles. The molecule has 1 amide bonds. The van der Waals surface area contributed by atoms with Crippen molar-refractivity contribution in [3.05, 3.63) is 0 Å². The van der Waals surface area contributed by atoms with E-state index in [9.17, 15) is 4.79 Å². The van der Waals surface area contributed by atoms with Gasteiger partial charge in [0.05, 0.1) is 0 Å². The van der Waals surface area contributed by atoms with Crippen LogP contribution >= 0.6 is 11.8 Å². The number of carbonyl (C=O) groups excluding carboxylic acids is 1. The SMILES string of the molecule is CSC1CCCCC1NCC1CCC(=O)N1. The molecular weight excluding hydrogens is 220 g/mol. The Bertz CT molecular complexity index is 247. The average molecular weight is 242 g/mol. The Morgan fingerprint density at radius 2 is 2.19 bits per heavy atom. The monoisotopic (exact) mass is 242 g/mol. The molecule has 1 aliphatic carbocycles. The predicted octanol–water partition coefficient (Wildman–Crippen LogP) is 1.53. The molecule has 4 heteroatoms.